The summed E-state index contributed by atoms with van der Waals surface area (Å²) in [6.07, 6.45) is 3.29. The minimum absolute atomic E-state index is 0.0253. The zero-order valence-electron chi connectivity index (χ0n) is 14.9. The maximum Gasteiger partial charge on any atom is 0.272 e. The largest absolute Gasteiger partial charge is 0.332 e. The smallest absolute Gasteiger partial charge is 0.272 e. The Morgan fingerprint density at radius 2 is 1.85 bits per heavy atom. The van der Waals surface area contributed by atoms with Gasteiger partial charge in [-0.2, -0.15) is 0 Å². The molecule has 26 heavy (non-hydrogen) atoms. The van der Waals surface area contributed by atoms with E-state index in [4.69, 9.17) is 23.2 Å². The number of hydrogen-bond donors (Lipinski definition) is 0. The van der Waals surface area contributed by atoms with Crippen LogP contribution in [-0.2, 0) is 5.75 Å². The van der Waals surface area contributed by atoms with Gasteiger partial charge in [0, 0.05) is 22.7 Å². The molecule has 1 aromatic carbocycles. The molecule has 0 radical (unpaired) electrons. The van der Waals surface area contributed by atoms with Crippen LogP contribution >= 0.6 is 35.0 Å². The number of thioether (sulfide) groups is 1. The molecule has 2 heterocycles. The van der Waals surface area contributed by atoms with Gasteiger partial charge >= 0.3 is 0 Å². The van der Waals surface area contributed by atoms with Crippen molar-refractivity contribution in [2.75, 3.05) is 0 Å². The second-order valence-corrected chi connectivity index (χ2v) is 8.50. The molecular formula is C20H22Cl2N2OS. The highest BCUT2D eigenvalue weighted by atomic mass is 35.5. The fourth-order valence-corrected chi connectivity index (χ4v) is 4.78. The van der Waals surface area contributed by atoms with E-state index in [1.807, 2.05) is 29.2 Å². The van der Waals surface area contributed by atoms with E-state index in [9.17, 15) is 4.79 Å². The number of aromatic nitrogens is 1. The standard InChI is InChI=1S/C20H22Cl2N2OS/c1-13-6-3-7-14(2)24(13)20(25)17-10-4-8-15(23-17)12-26-18-11-5-9-16(21)19(18)22/h4-5,8-11,13-14H,3,6-7,12H2,1-2H3. The van der Waals surface area contributed by atoms with Crippen molar-refractivity contribution < 1.29 is 4.79 Å². The molecular weight excluding hydrogens is 387 g/mol. The number of benzene rings is 1. The highest BCUT2D eigenvalue weighted by Crippen LogP contribution is 2.34. The third-order valence-corrected chi connectivity index (χ3v) is 6.77. The summed E-state index contributed by atoms with van der Waals surface area (Å²) in [6.45, 7) is 4.24. The Bertz CT molecular complexity index is 789. The van der Waals surface area contributed by atoms with Crippen molar-refractivity contribution in [2.24, 2.45) is 0 Å². The molecule has 6 heteroatoms. The zero-order chi connectivity index (χ0) is 18.7. The molecule has 2 atom stereocenters. The van der Waals surface area contributed by atoms with E-state index in [1.54, 1.807) is 23.9 Å². The highest BCUT2D eigenvalue weighted by Gasteiger charge is 2.30. The first kappa shape index (κ1) is 19.5. The summed E-state index contributed by atoms with van der Waals surface area (Å²) in [7, 11) is 0. The van der Waals surface area contributed by atoms with Gasteiger partial charge in [-0.15, -0.1) is 11.8 Å². The van der Waals surface area contributed by atoms with Crippen LogP contribution in [0.3, 0.4) is 0 Å². The summed E-state index contributed by atoms with van der Waals surface area (Å²) in [5.74, 6) is 0.657. The molecule has 1 saturated heterocycles. The summed E-state index contributed by atoms with van der Waals surface area (Å²) in [4.78, 5) is 20.5. The van der Waals surface area contributed by atoms with Crippen molar-refractivity contribution >= 4 is 40.9 Å². The third-order valence-electron chi connectivity index (χ3n) is 4.75. The van der Waals surface area contributed by atoms with Gasteiger partial charge in [0.05, 0.1) is 15.7 Å². The summed E-state index contributed by atoms with van der Waals surface area (Å²) in [5, 5.41) is 1.10. The SMILES string of the molecule is CC1CCCC(C)N1C(=O)c1cccc(CSc2cccc(Cl)c2Cl)n1. The fourth-order valence-electron chi connectivity index (χ4n) is 3.38. The molecule has 1 aliphatic rings. The van der Waals surface area contributed by atoms with Crippen LogP contribution in [0.4, 0.5) is 0 Å². The molecule has 1 aromatic heterocycles. The summed E-state index contributed by atoms with van der Waals surface area (Å²) < 4.78 is 0. The van der Waals surface area contributed by atoms with E-state index < -0.39 is 0 Å². The quantitative estimate of drug-likeness (QED) is 0.574. The number of amides is 1. The number of hydrogen-bond acceptors (Lipinski definition) is 3. The van der Waals surface area contributed by atoms with E-state index in [-0.39, 0.29) is 18.0 Å². The van der Waals surface area contributed by atoms with Gasteiger partial charge in [-0.25, -0.2) is 4.98 Å². The van der Waals surface area contributed by atoms with Crippen LogP contribution in [0, 0.1) is 0 Å². The molecule has 3 rings (SSSR count). The molecule has 0 saturated carbocycles. The minimum atomic E-state index is 0.0253. The van der Waals surface area contributed by atoms with Gasteiger partial charge in [0.1, 0.15) is 5.69 Å². The molecule has 2 aromatic rings. The maximum atomic E-state index is 13.0. The molecule has 0 N–H and O–H groups in total. The summed E-state index contributed by atoms with van der Waals surface area (Å²) in [5.41, 5.74) is 1.37. The fraction of sp³-hybridized carbons (Fsp3) is 0.400. The van der Waals surface area contributed by atoms with E-state index in [2.05, 4.69) is 18.8 Å². The van der Waals surface area contributed by atoms with Crippen molar-refractivity contribution in [2.45, 2.75) is 55.8 Å². The lowest BCUT2D eigenvalue weighted by atomic mass is 9.97. The summed E-state index contributed by atoms with van der Waals surface area (Å²) in [6, 6.07) is 11.7. The number of likely N-dealkylation sites (tertiary alicyclic amines) is 1. The van der Waals surface area contributed by atoms with Gasteiger partial charge in [-0.3, -0.25) is 4.79 Å². The minimum Gasteiger partial charge on any atom is -0.332 e. The Morgan fingerprint density at radius 1 is 1.15 bits per heavy atom. The number of pyridine rings is 1. The molecule has 2 unspecified atom stereocenters. The number of carbonyl (C=O) groups is 1. The van der Waals surface area contributed by atoms with Crippen molar-refractivity contribution in [3.05, 3.63) is 57.8 Å². The molecule has 1 aliphatic heterocycles. The van der Waals surface area contributed by atoms with Crippen LogP contribution in [0.1, 0.15) is 49.3 Å². The lowest BCUT2D eigenvalue weighted by Gasteiger charge is -2.38. The van der Waals surface area contributed by atoms with Gasteiger partial charge in [0.15, 0.2) is 0 Å². The molecule has 0 spiro atoms. The van der Waals surface area contributed by atoms with Crippen LogP contribution in [0.15, 0.2) is 41.3 Å². The van der Waals surface area contributed by atoms with Crippen molar-refractivity contribution in [1.82, 2.24) is 9.88 Å². The van der Waals surface area contributed by atoms with Crippen molar-refractivity contribution in [3.8, 4) is 0 Å². The Kier molecular flexibility index (Phi) is 6.49. The number of halogens is 2. The second-order valence-electron chi connectivity index (χ2n) is 6.70. The van der Waals surface area contributed by atoms with Crippen LogP contribution in [0.5, 0.6) is 0 Å². The van der Waals surface area contributed by atoms with Gasteiger partial charge in [-0.1, -0.05) is 35.3 Å². The summed E-state index contributed by atoms with van der Waals surface area (Å²) >= 11 is 13.9. The first-order valence-electron chi connectivity index (χ1n) is 8.82. The van der Waals surface area contributed by atoms with Crippen molar-refractivity contribution in [3.63, 3.8) is 0 Å². The maximum absolute atomic E-state index is 13.0. The van der Waals surface area contributed by atoms with E-state index in [1.165, 1.54) is 6.42 Å². The topological polar surface area (TPSA) is 33.2 Å². The van der Waals surface area contributed by atoms with Crippen LogP contribution < -0.4 is 0 Å². The van der Waals surface area contributed by atoms with Crippen LogP contribution in [0.2, 0.25) is 10.0 Å². The first-order valence-corrected chi connectivity index (χ1v) is 10.6. The van der Waals surface area contributed by atoms with E-state index in [0.29, 0.717) is 21.5 Å². The zero-order valence-corrected chi connectivity index (χ0v) is 17.2. The molecule has 138 valence electrons. The molecule has 1 amide bonds. The predicted molar refractivity (Wildman–Crippen MR) is 109 cm³/mol. The van der Waals surface area contributed by atoms with E-state index >= 15 is 0 Å². The Hall–Kier alpha value is -1.23. The monoisotopic (exact) mass is 408 g/mol. The molecule has 0 aliphatic carbocycles. The number of nitrogens with zero attached hydrogens (tertiary/aromatic N) is 2. The predicted octanol–water partition coefficient (Wildman–Crippen LogP) is 6.08. The number of carbonyl (C=O) groups excluding carboxylic acids is 1. The normalized spacial score (nSPS) is 20.2. The van der Waals surface area contributed by atoms with Crippen LogP contribution in [-0.4, -0.2) is 27.9 Å². The second kappa shape index (κ2) is 8.64. The lowest BCUT2D eigenvalue weighted by Crippen LogP contribution is -2.47. The van der Waals surface area contributed by atoms with Crippen LogP contribution in [0.25, 0.3) is 0 Å². The first-order chi connectivity index (χ1) is 12.5. The lowest BCUT2D eigenvalue weighted by molar-refractivity contribution is 0.0504. The average molecular weight is 409 g/mol. The Morgan fingerprint density at radius 3 is 2.58 bits per heavy atom. The highest BCUT2D eigenvalue weighted by molar-refractivity contribution is 7.98. The van der Waals surface area contributed by atoms with E-state index in [0.717, 1.165) is 23.4 Å². The van der Waals surface area contributed by atoms with Crippen molar-refractivity contribution in [1.29, 1.82) is 0 Å². The molecule has 0 bridgehead atoms. The number of piperidine rings is 1. The van der Waals surface area contributed by atoms with Gasteiger partial charge in [0.2, 0.25) is 0 Å². The molecule has 1 fully saturated rings. The van der Waals surface area contributed by atoms with Gasteiger partial charge in [-0.05, 0) is 57.4 Å². The average Bonchev–Trinajstić information content (AvgIpc) is 2.63. The Labute approximate surface area is 169 Å². The Balaban J connectivity index is 1.73. The van der Waals surface area contributed by atoms with Gasteiger partial charge < -0.3 is 4.90 Å². The molecule has 3 nitrogen and oxygen atoms in total. The third kappa shape index (κ3) is 4.36. The number of rotatable bonds is 4. The van der Waals surface area contributed by atoms with Gasteiger partial charge in [0.25, 0.3) is 5.91 Å².